The molecule has 1 aromatic rings. The van der Waals surface area contributed by atoms with Gasteiger partial charge in [-0.2, -0.15) is 0 Å². The number of pyridine rings is 1. The molecular weight excluding hydrogens is 238 g/mol. The lowest BCUT2D eigenvalue weighted by molar-refractivity contribution is 0.110. The lowest BCUT2D eigenvalue weighted by atomic mass is 10.3. The van der Waals surface area contributed by atoms with Gasteiger partial charge in [-0.1, -0.05) is 13.0 Å². The smallest absolute Gasteiger partial charge is 0.0887 e. The minimum atomic E-state index is 0.606. The number of nitrogens with zero attached hydrogens (tertiary/aromatic N) is 2. The quantitative estimate of drug-likeness (QED) is 0.657. The van der Waals surface area contributed by atoms with Crippen LogP contribution in [0.3, 0.4) is 0 Å². The Kier molecular flexibility index (Phi) is 8.38. The first-order chi connectivity index (χ1) is 9.22. The summed E-state index contributed by atoms with van der Waals surface area (Å²) in [5.41, 5.74) is 2.10. The van der Waals surface area contributed by atoms with Crippen LogP contribution in [-0.2, 0) is 17.9 Å². The Morgan fingerprint density at radius 3 is 2.79 bits per heavy atom. The molecule has 4 nitrogen and oxygen atoms in total. The van der Waals surface area contributed by atoms with E-state index in [-0.39, 0.29) is 0 Å². The molecule has 1 aromatic heterocycles. The second-order valence-corrected chi connectivity index (χ2v) is 5.01. The Balaban J connectivity index is 2.23. The lowest BCUT2D eigenvalue weighted by Gasteiger charge is -2.09. The molecule has 0 saturated carbocycles. The average molecular weight is 265 g/mol. The Bertz CT molecular complexity index is 342. The van der Waals surface area contributed by atoms with Crippen LogP contribution in [0.1, 0.15) is 31.2 Å². The summed E-state index contributed by atoms with van der Waals surface area (Å²) >= 11 is 0. The Morgan fingerprint density at radius 1 is 1.26 bits per heavy atom. The predicted molar refractivity (Wildman–Crippen MR) is 79.1 cm³/mol. The summed E-state index contributed by atoms with van der Waals surface area (Å²) in [6, 6.07) is 6.13. The maximum absolute atomic E-state index is 5.64. The molecule has 0 atom stereocenters. The highest BCUT2D eigenvalue weighted by Crippen LogP contribution is 2.02. The van der Waals surface area contributed by atoms with Gasteiger partial charge in [0.25, 0.3) is 0 Å². The molecule has 0 bridgehead atoms. The van der Waals surface area contributed by atoms with Gasteiger partial charge in [0.15, 0.2) is 0 Å². The summed E-state index contributed by atoms with van der Waals surface area (Å²) in [6.07, 6.45) is 2.21. The normalized spacial score (nSPS) is 11.2. The van der Waals surface area contributed by atoms with E-state index in [1.165, 1.54) is 0 Å². The number of aromatic nitrogens is 1. The third-order valence-electron chi connectivity index (χ3n) is 2.74. The van der Waals surface area contributed by atoms with Crippen LogP contribution < -0.4 is 5.32 Å². The van der Waals surface area contributed by atoms with E-state index in [0.717, 1.165) is 50.5 Å². The van der Waals surface area contributed by atoms with Gasteiger partial charge >= 0.3 is 0 Å². The van der Waals surface area contributed by atoms with Gasteiger partial charge in [0, 0.05) is 13.2 Å². The van der Waals surface area contributed by atoms with Crippen LogP contribution in [0.15, 0.2) is 18.2 Å². The van der Waals surface area contributed by atoms with Crippen LogP contribution in [0.4, 0.5) is 0 Å². The molecule has 0 aliphatic rings. The van der Waals surface area contributed by atoms with Gasteiger partial charge in [0.2, 0.25) is 0 Å². The fourth-order valence-electron chi connectivity index (χ4n) is 1.76. The summed E-state index contributed by atoms with van der Waals surface area (Å²) < 4.78 is 5.64. The van der Waals surface area contributed by atoms with Crippen molar-refractivity contribution in [2.24, 2.45) is 0 Å². The maximum atomic E-state index is 5.64. The van der Waals surface area contributed by atoms with Crippen molar-refractivity contribution in [3.63, 3.8) is 0 Å². The average Bonchev–Trinajstić information content (AvgIpc) is 2.39. The zero-order valence-corrected chi connectivity index (χ0v) is 12.5. The fraction of sp³-hybridized carbons (Fsp3) is 0.667. The topological polar surface area (TPSA) is 37.4 Å². The van der Waals surface area contributed by atoms with E-state index >= 15 is 0 Å². The Morgan fingerprint density at radius 2 is 2.05 bits per heavy atom. The molecular formula is C15H27N3O. The fourth-order valence-corrected chi connectivity index (χ4v) is 1.76. The molecule has 0 amide bonds. The van der Waals surface area contributed by atoms with E-state index in [9.17, 15) is 0 Å². The van der Waals surface area contributed by atoms with Gasteiger partial charge in [0.1, 0.15) is 0 Å². The molecule has 0 aliphatic carbocycles. The first-order valence-corrected chi connectivity index (χ1v) is 7.10. The number of nitrogens with one attached hydrogen (secondary N) is 1. The van der Waals surface area contributed by atoms with E-state index in [2.05, 4.69) is 48.4 Å². The molecule has 0 spiro atoms. The molecule has 0 fully saturated rings. The third kappa shape index (κ3) is 7.93. The second-order valence-electron chi connectivity index (χ2n) is 5.01. The molecule has 0 aliphatic heterocycles. The third-order valence-corrected chi connectivity index (χ3v) is 2.74. The molecule has 0 unspecified atom stereocenters. The van der Waals surface area contributed by atoms with Crippen molar-refractivity contribution in [2.45, 2.75) is 32.9 Å². The van der Waals surface area contributed by atoms with Gasteiger partial charge in [0.05, 0.1) is 18.0 Å². The SMILES string of the molecule is CCCNCc1cccc(COCCCN(C)C)n1. The van der Waals surface area contributed by atoms with E-state index in [4.69, 9.17) is 4.74 Å². The van der Waals surface area contributed by atoms with E-state index in [1.54, 1.807) is 0 Å². The van der Waals surface area contributed by atoms with Crippen molar-refractivity contribution < 1.29 is 4.74 Å². The Hall–Kier alpha value is -0.970. The molecule has 1 rings (SSSR count). The molecule has 0 radical (unpaired) electrons. The molecule has 4 heteroatoms. The predicted octanol–water partition coefficient (Wildman–Crippen LogP) is 2.05. The highest BCUT2D eigenvalue weighted by molar-refractivity contribution is 5.10. The molecule has 108 valence electrons. The van der Waals surface area contributed by atoms with Crippen molar-refractivity contribution in [3.8, 4) is 0 Å². The van der Waals surface area contributed by atoms with Crippen LogP contribution in [-0.4, -0.2) is 43.7 Å². The summed E-state index contributed by atoms with van der Waals surface area (Å²) in [6.45, 7) is 6.50. The molecule has 1 N–H and O–H groups in total. The van der Waals surface area contributed by atoms with Crippen molar-refractivity contribution >= 4 is 0 Å². The molecule has 1 heterocycles. The van der Waals surface area contributed by atoms with Gasteiger partial charge in [-0.15, -0.1) is 0 Å². The first-order valence-electron chi connectivity index (χ1n) is 7.10. The lowest BCUT2D eigenvalue weighted by Crippen LogP contribution is -2.16. The largest absolute Gasteiger partial charge is 0.375 e. The number of hydrogen-bond donors (Lipinski definition) is 1. The highest BCUT2D eigenvalue weighted by atomic mass is 16.5. The van der Waals surface area contributed by atoms with Crippen LogP contribution in [0.25, 0.3) is 0 Å². The van der Waals surface area contributed by atoms with Crippen molar-refractivity contribution in [3.05, 3.63) is 29.6 Å². The minimum Gasteiger partial charge on any atom is -0.375 e. The number of ether oxygens (including phenoxy) is 1. The monoisotopic (exact) mass is 265 g/mol. The molecule has 19 heavy (non-hydrogen) atoms. The summed E-state index contributed by atoms with van der Waals surface area (Å²) in [7, 11) is 4.16. The zero-order valence-electron chi connectivity index (χ0n) is 12.5. The minimum absolute atomic E-state index is 0.606. The summed E-state index contributed by atoms with van der Waals surface area (Å²) in [5, 5.41) is 3.36. The van der Waals surface area contributed by atoms with E-state index < -0.39 is 0 Å². The second kappa shape index (κ2) is 9.89. The standard InChI is InChI=1S/C15H27N3O/c1-4-9-16-12-14-7-5-8-15(17-14)13-19-11-6-10-18(2)3/h5,7-8,16H,4,6,9-13H2,1-3H3. The maximum Gasteiger partial charge on any atom is 0.0887 e. The van der Waals surface area contributed by atoms with Crippen LogP contribution in [0, 0.1) is 0 Å². The van der Waals surface area contributed by atoms with Crippen molar-refractivity contribution in [1.29, 1.82) is 0 Å². The molecule has 0 saturated heterocycles. The van der Waals surface area contributed by atoms with Crippen molar-refractivity contribution in [2.75, 3.05) is 33.8 Å². The summed E-state index contributed by atoms with van der Waals surface area (Å²) in [4.78, 5) is 6.75. The van der Waals surface area contributed by atoms with E-state index in [1.807, 2.05) is 6.07 Å². The van der Waals surface area contributed by atoms with Gasteiger partial charge in [-0.3, -0.25) is 4.98 Å². The van der Waals surface area contributed by atoms with Crippen LogP contribution >= 0.6 is 0 Å². The van der Waals surface area contributed by atoms with E-state index in [0.29, 0.717) is 6.61 Å². The number of rotatable bonds is 10. The number of hydrogen-bond acceptors (Lipinski definition) is 4. The van der Waals surface area contributed by atoms with Gasteiger partial charge in [-0.05, 0) is 52.2 Å². The zero-order chi connectivity index (χ0) is 13.9. The van der Waals surface area contributed by atoms with Gasteiger partial charge < -0.3 is 15.0 Å². The van der Waals surface area contributed by atoms with Gasteiger partial charge in [-0.25, -0.2) is 0 Å². The van der Waals surface area contributed by atoms with Crippen LogP contribution in [0.2, 0.25) is 0 Å². The summed E-state index contributed by atoms with van der Waals surface area (Å²) in [5.74, 6) is 0. The Labute approximate surface area is 117 Å². The highest BCUT2D eigenvalue weighted by Gasteiger charge is 1.98. The van der Waals surface area contributed by atoms with Crippen molar-refractivity contribution in [1.82, 2.24) is 15.2 Å². The first kappa shape index (κ1) is 16.1. The van der Waals surface area contributed by atoms with Crippen LogP contribution in [0.5, 0.6) is 0 Å². The molecule has 0 aromatic carbocycles.